The van der Waals surface area contributed by atoms with E-state index >= 15 is 0 Å². The molecule has 0 amide bonds. The van der Waals surface area contributed by atoms with Gasteiger partial charge >= 0.3 is 10.4 Å². The van der Waals surface area contributed by atoms with Crippen molar-refractivity contribution in [3.63, 3.8) is 0 Å². The van der Waals surface area contributed by atoms with E-state index in [9.17, 15) is 9.18 Å². The lowest BCUT2D eigenvalue weighted by Gasteiger charge is -2.13. The monoisotopic (exact) mass is 248 g/mol. The van der Waals surface area contributed by atoms with Crippen LogP contribution in [0.5, 0.6) is 0 Å². The summed E-state index contributed by atoms with van der Waals surface area (Å²) in [6.07, 6.45) is 0. The summed E-state index contributed by atoms with van der Waals surface area (Å²) in [5.41, 5.74) is 0.897. The van der Waals surface area contributed by atoms with E-state index in [0.29, 0.717) is 17.5 Å². The number of esters is 1. The summed E-state index contributed by atoms with van der Waals surface area (Å²) in [7, 11) is 1.10. The van der Waals surface area contributed by atoms with Gasteiger partial charge in [0.15, 0.2) is 0 Å². The summed E-state index contributed by atoms with van der Waals surface area (Å²) in [5, 5.41) is 0. The van der Waals surface area contributed by atoms with Crippen molar-refractivity contribution in [1.29, 1.82) is 0 Å². The lowest BCUT2D eigenvalue weighted by Crippen LogP contribution is -2.24. The molecule has 82 valence electrons. The van der Waals surface area contributed by atoms with Gasteiger partial charge in [0.2, 0.25) is 0 Å². The Morgan fingerprint density at radius 1 is 1.53 bits per heavy atom. The number of hydrogen-bond acceptors (Lipinski definition) is 3. The predicted molar refractivity (Wildman–Crippen MR) is 59.4 cm³/mol. The van der Waals surface area contributed by atoms with Gasteiger partial charge in [0.1, 0.15) is 0 Å². The average Bonchev–Trinajstić information content (AvgIpc) is 2.27. The fourth-order valence-electron chi connectivity index (χ4n) is 0.926. The second-order valence-electron chi connectivity index (χ2n) is 2.78. The Balaban J connectivity index is 2.53. The second-order valence-corrected chi connectivity index (χ2v) is 4.67. The van der Waals surface area contributed by atoms with Gasteiger partial charge in [-0.3, -0.25) is 0 Å². The van der Waals surface area contributed by atoms with Crippen LogP contribution in [0.2, 0.25) is 0 Å². The van der Waals surface area contributed by atoms with Gasteiger partial charge in [-0.2, -0.15) is 0 Å². The van der Waals surface area contributed by atoms with E-state index in [-0.39, 0.29) is 0 Å². The Labute approximate surface area is 96.8 Å². The molecule has 0 radical (unpaired) electrons. The summed E-state index contributed by atoms with van der Waals surface area (Å²) < 4.78 is 15.2. The van der Waals surface area contributed by atoms with Crippen molar-refractivity contribution in [3.8, 4) is 0 Å². The van der Waals surface area contributed by atoms with Gasteiger partial charge in [-0.1, -0.05) is 53.7 Å². The predicted octanol–water partition coefficient (Wildman–Crippen LogP) is 2.95. The van der Waals surface area contributed by atoms with Crippen molar-refractivity contribution in [2.75, 3.05) is 7.11 Å². The lowest BCUT2D eigenvalue weighted by atomic mass is 10.2. The van der Waals surface area contributed by atoms with Gasteiger partial charge in [0.25, 0.3) is 0 Å². The van der Waals surface area contributed by atoms with Gasteiger partial charge in [-0.05, 0) is 5.56 Å². The van der Waals surface area contributed by atoms with Crippen LogP contribution in [0.15, 0.2) is 30.3 Å². The van der Waals surface area contributed by atoms with Crippen LogP contribution in [-0.4, -0.2) is 17.5 Å². The van der Waals surface area contributed by atoms with Crippen LogP contribution >= 0.6 is 23.4 Å². The highest BCUT2D eigenvalue weighted by Crippen LogP contribution is 2.35. The molecule has 0 spiro atoms. The molecule has 0 heterocycles. The molecule has 15 heavy (non-hydrogen) atoms. The van der Waals surface area contributed by atoms with Crippen LogP contribution in [0.25, 0.3) is 0 Å². The lowest BCUT2D eigenvalue weighted by molar-refractivity contribution is -0.144. The zero-order valence-corrected chi connectivity index (χ0v) is 9.65. The highest BCUT2D eigenvalue weighted by Gasteiger charge is 2.38. The maximum atomic E-state index is 13.4. The molecule has 0 fully saturated rings. The van der Waals surface area contributed by atoms with Gasteiger partial charge in [-0.25, -0.2) is 9.18 Å². The number of carbonyl (C=O) groups excluding carboxylic acids is 1. The van der Waals surface area contributed by atoms with Gasteiger partial charge in [-0.15, -0.1) is 0 Å². The number of hydrogen-bond donors (Lipinski definition) is 0. The molecule has 0 saturated carbocycles. The largest absolute Gasteiger partial charge is 0.465 e. The SMILES string of the molecule is COC(=O)C(F)(Cl)SCc1ccccc1. The Bertz CT molecular complexity index is 329. The maximum absolute atomic E-state index is 13.4. The molecular weight excluding hydrogens is 239 g/mol. The molecule has 5 heteroatoms. The highest BCUT2D eigenvalue weighted by atomic mass is 35.5. The topological polar surface area (TPSA) is 26.3 Å². The Morgan fingerprint density at radius 3 is 2.67 bits per heavy atom. The zero-order chi connectivity index (χ0) is 11.3. The molecule has 1 unspecified atom stereocenters. The van der Waals surface area contributed by atoms with E-state index in [2.05, 4.69) is 4.74 Å². The molecule has 0 aromatic heterocycles. The summed E-state index contributed by atoms with van der Waals surface area (Å²) in [6, 6.07) is 9.19. The van der Waals surface area contributed by atoms with Crippen LogP contribution in [0.3, 0.4) is 0 Å². The number of rotatable bonds is 4. The van der Waals surface area contributed by atoms with Crippen molar-refractivity contribution in [1.82, 2.24) is 0 Å². The van der Waals surface area contributed by atoms with E-state index in [1.165, 1.54) is 0 Å². The Hall–Kier alpha value is -0.740. The number of alkyl halides is 2. The molecule has 1 atom stereocenters. The molecule has 0 saturated heterocycles. The molecule has 0 aliphatic rings. The van der Waals surface area contributed by atoms with E-state index in [1.807, 2.05) is 30.3 Å². The molecule has 0 N–H and O–H groups in total. The van der Waals surface area contributed by atoms with E-state index in [4.69, 9.17) is 11.6 Å². The molecule has 0 aliphatic heterocycles. The first kappa shape index (κ1) is 12.3. The molecule has 1 rings (SSSR count). The maximum Gasteiger partial charge on any atom is 0.370 e. The third-order valence-corrected chi connectivity index (χ3v) is 3.17. The minimum absolute atomic E-state index is 0.315. The molecule has 2 nitrogen and oxygen atoms in total. The first-order valence-corrected chi connectivity index (χ1v) is 5.57. The van der Waals surface area contributed by atoms with Gasteiger partial charge in [0, 0.05) is 5.75 Å². The number of methoxy groups -OCH3 is 1. The summed E-state index contributed by atoms with van der Waals surface area (Å²) >= 11 is 6.05. The van der Waals surface area contributed by atoms with Gasteiger partial charge < -0.3 is 4.74 Å². The molecule has 0 aliphatic carbocycles. The van der Waals surface area contributed by atoms with Crippen molar-refractivity contribution in [3.05, 3.63) is 35.9 Å². The minimum atomic E-state index is -2.51. The third-order valence-electron chi connectivity index (χ3n) is 1.69. The molecule has 1 aromatic rings. The smallest absolute Gasteiger partial charge is 0.370 e. The molecule has 0 bridgehead atoms. The molecular formula is C10H10ClFO2S. The minimum Gasteiger partial charge on any atom is -0.465 e. The first-order chi connectivity index (χ1) is 7.06. The van der Waals surface area contributed by atoms with Crippen LogP contribution in [0.4, 0.5) is 4.39 Å². The summed E-state index contributed by atoms with van der Waals surface area (Å²) in [4.78, 5) is 10.9. The van der Waals surface area contributed by atoms with Crippen LogP contribution in [-0.2, 0) is 15.3 Å². The van der Waals surface area contributed by atoms with E-state index in [1.54, 1.807) is 0 Å². The van der Waals surface area contributed by atoms with Crippen LogP contribution < -0.4 is 0 Å². The highest BCUT2D eigenvalue weighted by molar-refractivity contribution is 8.01. The number of benzene rings is 1. The summed E-state index contributed by atoms with van der Waals surface area (Å²) in [6.45, 7) is 0. The fraction of sp³-hybridized carbons (Fsp3) is 0.300. The first-order valence-electron chi connectivity index (χ1n) is 4.20. The Kier molecular flexibility index (Phi) is 4.42. The number of ether oxygens (including phenoxy) is 1. The number of carbonyl (C=O) groups is 1. The second kappa shape index (κ2) is 5.37. The molecule has 1 aromatic carbocycles. The zero-order valence-electron chi connectivity index (χ0n) is 8.07. The average molecular weight is 249 g/mol. The van der Waals surface area contributed by atoms with Crippen LogP contribution in [0, 0.1) is 0 Å². The third kappa shape index (κ3) is 3.72. The fourth-order valence-corrected chi connectivity index (χ4v) is 1.91. The standard InChI is InChI=1S/C10H10ClFO2S/c1-14-9(13)10(11,12)15-7-8-5-3-2-4-6-8/h2-6H,7H2,1H3. The van der Waals surface area contributed by atoms with Gasteiger partial charge in [0.05, 0.1) is 7.11 Å². The van der Waals surface area contributed by atoms with Crippen molar-refractivity contribution < 1.29 is 13.9 Å². The van der Waals surface area contributed by atoms with Crippen LogP contribution in [0.1, 0.15) is 5.56 Å². The number of thioether (sulfide) groups is 1. The van der Waals surface area contributed by atoms with Crippen molar-refractivity contribution >= 4 is 29.3 Å². The van der Waals surface area contributed by atoms with E-state index in [0.717, 1.165) is 12.7 Å². The summed E-state index contributed by atoms with van der Waals surface area (Å²) in [5.74, 6) is -0.763. The van der Waals surface area contributed by atoms with E-state index < -0.39 is 10.4 Å². The quantitative estimate of drug-likeness (QED) is 0.605. The van der Waals surface area contributed by atoms with Crippen molar-refractivity contribution in [2.24, 2.45) is 0 Å². The van der Waals surface area contributed by atoms with Crippen molar-refractivity contribution in [2.45, 2.75) is 10.2 Å². The normalized spacial score (nSPS) is 14.3. The number of halogens is 2. The Morgan fingerprint density at radius 2 is 2.13 bits per heavy atom.